The van der Waals surface area contributed by atoms with Crippen molar-refractivity contribution in [2.45, 2.75) is 25.8 Å². The van der Waals surface area contributed by atoms with Gasteiger partial charge in [-0.25, -0.2) is 0 Å². The third kappa shape index (κ3) is 3.46. The summed E-state index contributed by atoms with van der Waals surface area (Å²) in [5.41, 5.74) is 3.48. The van der Waals surface area contributed by atoms with Gasteiger partial charge in [0.1, 0.15) is 0 Å². The van der Waals surface area contributed by atoms with Gasteiger partial charge in [-0.05, 0) is 42.2 Å². The fraction of sp³-hybridized carbons (Fsp3) is 0.350. The fourth-order valence-electron chi connectivity index (χ4n) is 3.41. The van der Waals surface area contributed by atoms with Crippen LogP contribution in [0.15, 0.2) is 42.5 Å². The third-order valence-corrected chi connectivity index (χ3v) is 4.69. The van der Waals surface area contributed by atoms with E-state index in [9.17, 15) is 4.79 Å². The van der Waals surface area contributed by atoms with Crippen LogP contribution >= 0.6 is 0 Å². The van der Waals surface area contributed by atoms with Gasteiger partial charge in [-0.1, -0.05) is 24.3 Å². The average molecular weight is 338 g/mol. The van der Waals surface area contributed by atoms with Crippen molar-refractivity contribution in [3.8, 4) is 11.5 Å². The maximum atomic E-state index is 12.6. The van der Waals surface area contributed by atoms with E-state index in [0.717, 1.165) is 42.1 Å². The highest BCUT2D eigenvalue weighted by atomic mass is 16.7. The molecule has 1 amide bonds. The molecule has 4 rings (SSSR count). The summed E-state index contributed by atoms with van der Waals surface area (Å²) in [6.45, 7) is 2.47. The molecule has 0 saturated heterocycles. The maximum absolute atomic E-state index is 12.6. The molecule has 0 spiro atoms. The highest BCUT2D eigenvalue weighted by Crippen LogP contribution is 2.32. The Labute approximate surface area is 147 Å². The van der Waals surface area contributed by atoms with Crippen LogP contribution in [0.25, 0.3) is 0 Å². The molecule has 0 unspecified atom stereocenters. The first-order chi connectivity index (χ1) is 12.3. The number of carbonyl (C=O) groups is 1. The lowest BCUT2D eigenvalue weighted by Crippen LogP contribution is -2.36. The van der Waals surface area contributed by atoms with E-state index in [1.807, 2.05) is 41.3 Å². The van der Waals surface area contributed by atoms with Gasteiger partial charge in [0, 0.05) is 31.7 Å². The summed E-state index contributed by atoms with van der Waals surface area (Å²) in [4.78, 5) is 14.5. The molecule has 0 aromatic heterocycles. The molecule has 130 valence electrons. The SMILES string of the molecule is O=C(CCNCc1ccc2c(c1)OCO2)N1CCCc2ccccc21. The number of benzene rings is 2. The van der Waals surface area contributed by atoms with Crippen molar-refractivity contribution in [2.75, 3.05) is 24.8 Å². The van der Waals surface area contributed by atoms with Crippen molar-refractivity contribution in [3.05, 3.63) is 53.6 Å². The van der Waals surface area contributed by atoms with Crippen LogP contribution in [0.3, 0.4) is 0 Å². The molecule has 5 heteroatoms. The first-order valence-electron chi connectivity index (χ1n) is 8.79. The Morgan fingerprint density at radius 3 is 2.96 bits per heavy atom. The zero-order chi connectivity index (χ0) is 17.1. The quantitative estimate of drug-likeness (QED) is 0.852. The lowest BCUT2D eigenvalue weighted by molar-refractivity contribution is -0.118. The van der Waals surface area contributed by atoms with Gasteiger partial charge in [0.15, 0.2) is 11.5 Å². The van der Waals surface area contributed by atoms with Crippen LogP contribution in [0.1, 0.15) is 24.0 Å². The topological polar surface area (TPSA) is 50.8 Å². The van der Waals surface area contributed by atoms with Crippen molar-refractivity contribution in [1.82, 2.24) is 5.32 Å². The molecule has 0 radical (unpaired) electrons. The highest BCUT2D eigenvalue weighted by molar-refractivity contribution is 5.94. The van der Waals surface area contributed by atoms with E-state index in [1.54, 1.807) is 0 Å². The second kappa shape index (κ2) is 7.15. The molecule has 0 bridgehead atoms. The smallest absolute Gasteiger partial charge is 0.231 e. The number of anilines is 1. The van der Waals surface area contributed by atoms with Gasteiger partial charge in [-0.2, -0.15) is 0 Å². The van der Waals surface area contributed by atoms with E-state index in [-0.39, 0.29) is 12.7 Å². The predicted octanol–water partition coefficient (Wildman–Crippen LogP) is 2.87. The first kappa shape index (κ1) is 16.0. The summed E-state index contributed by atoms with van der Waals surface area (Å²) < 4.78 is 10.7. The maximum Gasteiger partial charge on any atom is 0.231 e. The molecule has 0 saturated carbocycles. The minimum Gasteiger partial charge on any atom is -0.454 e. The van der Waals surface area contributed by atoms with E-state index < -0.39 is 0 Å². The molecule has 2 heterocycles. The number of nitrogens with one attached hydrogen (secondary N) is 1. The molecular formula is C20H22N2O3. The normalized spacial score (nSPS) is 15.1. The van der Waals surface area contributed by atoms with Crippen LogP contribution < -0.4 is 19.7 Å². The zero-order valence-electron chi connectivity index (χ0n) is 14.2. The minimum atomic E-state index is 0.185. The number of hydrogen-bond donors (Lipinski definition) is 1. The highest BCUT2D eigenvalue weighted by Gasteiger charge is 2.21. The number of amides is 1. The molecule has 0 aliphatic carbocycles. The second-order valence-electron chi connectivity index (χ2n) is 6.39. The number of para-hydroxylation sites is 1. The number of hydrogen-bond acceptors (Lipinski definition) is 4. The van der Waals surface area contributed by atoms with Gasteiger partial charge in [0.2, 0.25) is 12.7 Å². The van der Waals surface area contributed by atoms with E-state index >= 15 is 0 Å². The van der Waals surface area contributed by atoms with Gasteiger partial charge in [-0.3, -0.25) is 4.79 Å². The van der Waals surface area contributed by atoms with Crippen molar-refractivity contribution < 1.29 is 14.3 Å². The summed E-state index contributed by atoms with van der Waals surface area (Å²) in [6, 6.07) is 14.1. The Kier molecular flexibility index (Phi) is 4.57. The molecule has 2 aromatic carbocycles. The van der Waals surface area contributed by atoms with Crippen LogP contribution in [-0.2, 0) is 17.8 Å². The van der Waals surface area contributed by atoms with Crippen LogP contribution in [-0.4, -0.2) is 25.8 Å². The van der Waals surface area contributed by atoms with E-state index in [2.05, 4.69) is 11.4 Å². The van der Waals surface area contributed by atoms with Crippen LogP contribution in [0.2, 0.25) is 0 Å². The summed E-state index contributed by atoms with van der Waals surface area (Å²) in [5, 5.41) is 3.34. The van der Waals surface area contributed by atoms with E-state index in [4.69, 9.17) is 9.47 Å². The monoisotopic (exact) mass is 338 g/mol. The van der Waals surface area contributed by atoms with Crippen molar-refractivity contribution in [3.63, 3.8) is 0 Å². The van der Waals surface area contributed by atoms with Crippen LogP contribution in [0.4, 0.5) is 5.69 Å². The van der Waals surface area contributed by atoms with Gasteiger partial charge in [0.25, 0.3) is 0 Å². The summed E-state index contributed by atoms with van der Waals surface area (Å²) in [7, 11) is 0. The third-order valence-electron chi connectivity index (χ3n) is 4.69. The van der Waals surface area contributed by atoms with Crippen molar-refractivity contribution >= 4 is 11.6 Å². The molecule has 2 aliphatic rings. The molecule has 5 nitrogen and oxygen atoms in total. The minimum absolute atomic E-state index is 0.185. The molecular weight excluding hydrogens is 316 g/mol. The van der Waals surface area contributed by atoms with Gasteiger partial charge in [-0.15, -0.1) is 0 Å². The molecule has 1 N–H and O–H groups in total. The predicted molar refractivity (Wildman–Crippen MR) is 96.0 cm³/mol. The summed E-state index contributed by atoms with van der Waals surface area (Å²) >= 11 is 0. The largest absolute Gasteiger partial charge is 0.454 e. The standard InChI is InChI=1S/C20H22N2O3/c23-20(22-11-3-5-16-4-1-2-6-17(16)22)9-10-21-13-15-7-8-18-19(12-15)25-14-24-18/h1-2,4,6-8,12,21H,3,5,9-11,13-14H2. The first-order valence-corrected chi connectivity index (χ1v) is 8.79. The Bertz CT molecular complexity index is 775. The Morgan fingerprint density at radius 2 is 2.00 bits per heavy atom. The Hall–Kier alpha value is -2.53. The lowest BCUT2D eigenvalue weighted by Gasteiger charge is -2.29. The van der Waals surface area contributed by atoms with Crippen molar-refractivity contribution in [1.29, 1.82) is 0 Å². The summed E-state index contributed by atoms with van der Waals surface area (Å²) in [5.74, 6) is 1.77. The lowest BCUT2D eigenvalue weighted by atomic mass is 10.0. The van der Waals surface area contributed by atoms with Crippen LogP contribution in [0, 0.1) is 0 Å². The molecule has 2 aliphatic heterocycles. The fourth-order valence-corrected chi connectivity index (χ4v) is 3.41. The van der Waals surface area contributed by atoms with Crippen LogP contribution in [0.5, 0.6) is 11.5 Å². The molecule has 0 fully saturated rings. The molecule has 0 atom stereocenters. The Morgan fingerprint density at radius 1 is 1.12 bits per heavy atom. The van der Waals surface area contributed by atoms with E-state index in [1.165, 1.54) is 5.56 Å². The number of nitrogens with zero attached hydrogens (tertiary/aromatic N) is 1. The number of carbonyl (C=O) groups excluding carboxylic acids is 1. The Balaban J connectivity index is 1.28. The molecule has 25 heavy (non-hydrogen) atoms. The van der Waals surface area contributed by atoms with Crippen molar-refractivity contribution in [2.24, 2.45) is 0 Å². The number of fused-ring (bicyclic) bond motifs is 2. The van der Waals surface area contributed by atoms with Gasteiger partial charge < -0.3 is 19.7 Å². The zero-order valence-corrected chi connectivity index (χ0v) is 14.2. The molecule has 2 aromatic rings. The second-order valence-corrected chi connectivity index (χ2v) is 6.39. The number of ether oxygens (including phenoxy) is 2. The van der Waals surface area contributed by atoms with Gasteiger partial charge in [0.05, 0.1) is 0 Å². The average Bonchev–Trinajstić information content (AvgIpc) is 3.12. The number of rotatable bonds is 5. The van der Waals surface area contributed by atoms with Gasteiger partial charge >= 0.3 is 0 Å². The number of aryl methyl sites for hydroxylation is 1. The van der Waals surface area contributed by atoms with E-state index in [0.29, 0.717) is 19.5 Å². The summed E-state index contributed by atoms with van der Waals surface area (Å²) in [6.07, 6.45) is 2.59.